The summed E-state index contributed by atoms with van der Waals surface area (Å²) < 4.78 is 25.6. The summed E-state index contributed by atoms with van der Waals surface area (Å²) in [4.78, 5) is 0.368. The normalized spacial score (nSPS) is 18.9. The van der Waals surface area contributed by atoms with Crippen molar-refractivity contribution in [3.05, 3.63) is 41.2 Å². The van der Waals surface area contributed by atoms with Crippen molar-refractivity contribution in [2.75, 3.05) is 6.26 Å². The third-order valence-corrected chi connectivity index (χ3v) is 6.83. The number of aromatic nitrogens is 2. The standard InChI is InChI=1S/C20H26N2O2S/c1-25(23,24)17-13-11-16(12-14-17)22-20(15-7-3-2-4-8-15)18-9-5-6-10-19(18)21-22/h11-15H,2-10H2,1H3. The lowest BCUT2D eigenvalue weighted by Crippen LogP contribution is -2.13. The van der Waals surface area contributed by atoms with Crippen LogP contribution in [0.25, 0.3) is 5.69 Å². The predicted octanol–water partition coefficient (Wildman–Crippen LogP) is 4.20. The van der Waals surface area contributed by atoms with E-state index >= 15 is 0 Å². The van der Waals surface area contributed by atoms with Gasteiger partial charge in [-0.15, -0.1) is 0 Å². The maximum Gasteiger partial charge on any atom is 0.175 e. The third-order valence-electron chi connectivity index (χ3n) is 5.70. The fourth-order valence-corrected chi connectivity index (χ4v) is 5.04. The molecule has 2 aliphatic rings. The number of aryl methyl sites for hydroxylation is 1. The second kappa shape index (κ2) is 6.60. The van der Waals surface area contributed by atoms with Gasteiger partial charge in [0.25, 0.3) is 0 Å². The molecule has 0 atom stereocenters. The number of hydrogen-bond donors (Lipinski definition) is 0. The topological polar surface area (TPSA) is 52.0 Å². The Bertz CT molecular complexity index is 860. The largest absolute Gasteiger partial charge is 0.237 e. The summed E-state index contributed by atoms with van der Waals surface area (Å²) in [5.74, 6) is 0.595. The zero-order chi connectivity index (χ0) is 17.4. The molecule has 0 N–H and O–H groups in total. The van der Waals surface area contributed by atoms with Crippen LogP contribution in [0.4, 0.5) is 0 Å². The first-order chi connectivity index (χ1) is 12.0. The van der Waals surface area contributed by atoms with Crippen molar-refractivity contribution < 1.29 is 8.42 Å². The molecule has 5 heteroatoms. The molecule has 1 aromatic carbocycles. The van der Waals surface area contributed by atoms with Crippen LogP contribution in [0, 0.1) is 0 Å². The van der Waals surface area contributed by atoms with Gasteiger partial charge in [-0.25, -0.2) is 13.1 Å². The summed E-state index contributed by atoms with van der Waals surface area (Å²) in [6.07, 6.45) is 12.4. The van der Waals surface area contributed by atoms with E-state index in [1.807, 2.05) is 12.1 Å². The van der Waals surface area contributed by atoms with E-state index in [1.54, 1.807) is 12.1 Å². The Morgan fingerprint density at radius 1 is 0.960 bits per heavy atom. The number of fused-ring (bicyclic) bond motifs is 1. The van der Waals surface area contributed by atoms with Crippen molar-refractivity contribution in [1.29, 1.82) is 0 Å². The third kappa shape index (κ3) is 3.26. The molecule has 2 aliphatic carbocycles. The minimum atomic E-state index is -3.16. The average Bonchev–Trinajstić information content (AvgIpc) is 3.01. The van der Waals surface area contributed by atoms with E-state index in [2.05, 4.69) is 4.68 Å². The molecule has 0 radical (unpaired) electrons. The highest BCUT2D eigenvalue weighted by molar-refractivity contribution is 7.90. The molecule has 0 spiro atoms. The van der Waals surface area contributed by atoms with Crippen molar-refractivity contribution in [3.63, 3.8) is 0 Å². The Kier molecular flexibility index (Phi) is 4.44. The first-order valence-corrected chi connectivity index (χ1v) is 11.3. The molecule has 1 heterocycles. The molecule has 134 valence electrons. The van der Waals surface area contributed by atoms with Crippen LogP contribution < -0.4 is 0 Å². The van der Waals surface area contributed by atoms with E-state index in [-0.39, 0.29) is 0 Å². The van der Waals surface area contributed by atoms with Crippen LogP contribution in [0.15, 0.2) is 29.2 Å². The number of hydrogen-bond acceptors (Lipinski definition) is 3. The second-order valence-corrected chi connectivity index (χ2v) is 9.55. The molecule has 0 amide bonds. The van der Waals surface area contributed by atoms with Gasteiger partial charge in [-0.1, -0.05) is 19.3 Å². The molecule has 4 nitrogen and oxygen atoms in total. The van der Waals surface area contributed by atoms with Gasteiger partial charge in [-0.05, 0) is 68.4 Å². The summed E-state index contributed by atoms with van der Waals surface area (Å²) in [6.45, 7) is 0. The lowest BCUT2D eigenvalue weighted by molar-refractivity contribution is 0.427. The zero-order valence-corrected chi connectivity index (χ0v) is 15.7. The Balaban J connectivity index is 1.79. The maximum absolute atomic E-state index is 11.7. The highest BCUT2D eigenvalue weighted by Gasteiger charge is 2.28. The molecule has 0 bridgehead atoms. The van der Waals surface area contributed by atoms with Crippen molar-refractivity contribution in [3.8, 4) is 5.69 Å². The molecular formula is C20H26N2O2S. The Labute approximate surface area is 150 Å². The molecule has 0 unspecified atom stereocenters. The Morgan fingerprint density at radius 3 is 2.32 bits per heavy atom. The number of nitrogens with zero attached hydrogens (tertiary/aromatic N) is 2. The minimum Gasteiger partial charge on any atom is -0.237 e. The van der Waals surface area contributed by atoms with Crippen LogP contribution in [-0.4, -0.2) is 24.5 Å². The van der Waals surface area contributed by atoms with Gasteiger partial charge in [0.1, 0.15) is 0 Å². The molecule has 1 aromatic heterocycles. The van der Waals surface area contributed by atoms with Gasteiger partial charge in [0, 0.05) is 12.2 Å². The average molecular weight is 359 g/mol. The number of sulfone groups is 1. The van der Waals surface area contributed by atoms with Gasteiger partial charge in [-0.3, -0.25) is 0 Å². The molecular weight excluding hydrogens is 332 g/mol. The fourth-order valence-electron chi connectivity index (χ4n) is 4.40. The summed E-state index contributed by atoms with van der Waals surface area (Å²) >= 11 is 0. The van der Waals surface area contributed by atoms with E-state index in [4.69, 9.17) is 5.10 Å². The van der Waals surface area contributed by atoms with Gasteiger partial charge in [0.2, 0.25) is 0 Å². The summed E-state index contributed by atoms with van der Waals surface area (Å²) in [5, 5.41) is 4.96. The predicted molar refractivity (Wildman–Crippen MR) is 99.1 cm³/mol. The highest BCUT2D eigenvalue weighted by atomic mass is 32.2. The minimum absolute atomic E-state index is 0.368. The Morgan fingerprint density at radius 2 is 1.64 bits per heavy atom. The molecule has 4 rings (SSSR count). The van der Waals surface area contributed by atoms with Crippen LogP contribution in [0.5, 0.6) is 0 Å². The van der Waals surface area contributed by atoms with Crippen LogP contribution >= 0.6 is 0 Å². The summed E-state index contributed by atoms with van der Waals surface area (Å²) in [6, 6.07) is 7.22. The van der Waals surface area contributed by atoms with E-state index in [0.717, 1.165) is 18.5 Å². The van der Waals surface area contributed by atoms with Gasteiger partial charge < -0.3 is 0 Å². The molecule has 1 saturated carbocycles. The number of benzene rings is 1. The molecule has 2 aromatic rings. The Hall–Kier alpha value is -1.62. The highest BCUT2D eigenvalue weighted by Crippen LogP contribution is 2.38. The fraction of sp³-hybridized carbons (Fsp3) is 0.550. The van der Waals surface area contributed by atoms with E-state index in [9.17, 15) is 8.42 Å². The lowest BCUT2D eigenvalue weighted by atomic mass is 9.83. The van der Waals surface area contributed by atoms with Crippen molar-refractivity contribution >= 4 is 9.84 Å². The first kappa shape index (κ1) is 16.8. The van der Waals surface area contributed by atoms with E-state index in [1.165, 1.54) is 68.2 Å². The van der Waals surface area contributed by atoms with Crippen LogP contribution in [0.1, 0.15) is 67.8 Å². The lowest BCUT2D eigenvalue weighted by Gasteiger charge is -2.25. The zero-order valence-electron chi connectivity index (χ0n) is 14.9. The van der Waals surface area contributed by atoms with E-state index < -0.39 is 9.84 Å². The number of rotatable bonds is 3. The van der Waals surface area contributed by atoms with Gasteiger partial charge in [0.15, 0.2) is 9.84 Å². The van der Waals surface area contributed by atoms with Gasteiger partial charge >= 0.3 is 0 Å². The van der Waals surface area contributed by atoms with Gasteiger partial charge in [-0.2, -0.15) is 5.10 Å². The molecule has 1 fully saturated rings. The quantitative estimate of drug-likeness (QED) is 0.826. The van der Waals surface area contributed by atoms with E-state index in [0.29, 0.717) is 10.8 Å². The van der Waals surface area contributed by atoms with Crippen molar-refractivity contribution in [2.45, 2.75) is 68.6 Å². The summed E-state index contributed by atoms with van der Waals surface area (Å²) in [5.41, 5.74) is 5.13. The van der Waals surface area contributed by atoms with Gasteiger partial charge in [0.05, 0.1) is 22.0 Å². The van der Waals surface area contributed by atoms with Crippen molar-refractivity contribution in [1.82, 2.24) is 9.78 Å². The van der Waals surface area contributed by atoms with Crippen LogP contribution in [-0.2, 0) is 22.7 Å². The molecule has 0 aliphatic heterocycles. The molecule has 25 heavy (non-hydrogen) atoms. The SMILES string of the molecule is CS(=O)(=O)c1ccc(-n2nc3c(c2C2CCCCC2)CCCC3)cc1. The second-order valence-electron chi connectivity index (χ2n) is 7.53. The first-order valence-electron chi connectivity index (χ1n) is 9.45. The monoisotopic (exact) mass is 358 g/mol. The molecule has 0 saturated heterocycles. The van der Waals surface area contributed by atoms with Crippen LogP contribution in [0.3, 0.4) is 0 Å². The van der Waals surface area contributed by atoms with Crippen molar-refractivity contribution in [2.24, 2.45) is 0 Å². The smallest absolute Gasteiger partial charge is 0.175 e. The summed E-state index contributed by atoms with van der Waals surface area (Å²) in [7, 11) is -3.16. The maximum atomic E-state index is 11.7. The van der Waals surface area contributed by atoms with Crippen LogP contribution in [0.2, 0.25) is 0 Å².